The fraction of sp³-hybridized carbons (Fsp3) is 0.182. The summed E-state index contributed by atoms with van der Waals surface area (Å²) in [6, 6.07) is 5.68. The first-order valence-corrected chi connectivity index (χ1v) is 5.53. The molecule has 0 radical (unpaired) electrons. The van der Waals surface area contributed by atoms with Crippen molar-refractivity contribution in [3.8, 4) is 5.88 Å². The van der Waals surface area contributed by atoms with Gasteiger partial charge >= 0.3 is 0 Å². The van der Waals surface area contributed by atoms with E-state index in [1.54, 1.807) is 24.6 Å². The van der Waals surface area contributed by atoms with Gasteiger partial charge in [0.05, 0.1) is 13.2 Å². The van der Waals surface area contributed by atoms with Gasteiger partial charge in [0, 0.05) is 12.3 Å². The van der Waals surface area contributed by atoms with Gasteiger partial charge in [0.15, 0.2) is 0 Å². The predicted molar refractivity (Wildman–Crippen MR) is 61.1 cm³/mol. The number of aromatic nitrogens is 1. The van der Waals surface area contributed by atoms with Gasteiger partial charge in [-0.05, 0) is 28.0 Å². The number of methoxy groups -OCH3 is 1. The van der Waals surface area contributed by atoms with Crippen molar-refractivity contribution >= 4 is 11.3 Å². The van der Waals surface area contributed by atoms with Crippen molar-refractivity contribution in [1.82, 2.24) is 4.98 Å². The number of thiophene rings is 1. The molecule has 15 heavy (non-hydrogen) atoms. The summed E-state index contributed by atoms with van der Waals surface area (Å²) in [5, 5.41) is 4.07. The Hall–Kier alpha value is -1.39. The number of rotatable bonds is 3. The molecule has 2 N–H and O–H groups in total. The van der Waals surface area contributed by atoms with Crippen molar-refractivity contribution in [2.75, 3.05) is 7.11 Å². The van der Waals surface area contributed by atoms with Gasteiger partial charge in [-0.2, -0.15) is 11.3 Å². The fourth-order valence-corrected chi connectivity index (χ4v) is 2.04. The van der Waals surface area contributed by atoms with Crippen molar-refractivity contribution in [3.05, 3.63) is 46.3 Å². The Bertz CT molecular complexity index is 411. The highest BCUT2D eigenvalue weighted by Crippen LogP contribution is 2.21. The van der Waals surface area contributed by atoms with Crippen molar-refractivity contribution < 1.29 is 4.74 Å². The van der Waals surface area contributed by atoms with E-state index in [0.717, 1.165) is 11.1 Å². The molecular formula is C11H12N2OS. The van der Waals surface area contributed by atoms with Crippen molar-refractivity contribution in [2.45, 2.75) is 6.04 Å². The highest BCUT2D eigenvalue weighted by atomic mass is 32.1. The Morgan fingerprint density at radius 2 is 2.20 bits per heavy atom. The molecule has 2 heterocycles. The standard InChI is InChI=1S/C11H12N2OS/c1-14-10-3-2-8(6-13-10)11(12)9-4-5-15-7-9/h2-7,11H,12H2,1H3/t11-/m1/s1. The summed E-state index contributed by atoms with van der Waals surface area (Å²) in [5.74, 6) is 0.608. The van der Waals surface area contributed by atoms with E-state index in [1.165, 1.54) is 0 Å². The molecule has 4 heteroatoms. The van der Waals surface area contributed by atoms with E-state index in [0.29, 0.717) is 5.88 Å². The first kappa shape index (κ1) is 10.1. The first-order chi connectivity index (χ1) is 7.31. The van der Waals surface area contributed by atoms with Crippen LogP contribution in [-0.2, 0) is 0 Å². The third-order valence-corrected chi connectivity index (χ3v) is 2.93. The molecule has 3 nitrogen and oxygen atoms in total. The molecule has 78 valence electrons. The van der Waals surface area contributed by atoms with Gasteiger partial charge in [-0.15, -0.1) is 0 Å². The van der Waals surface area contributed by atoms with E-state index < -0.39 is 0 Å². The molecule has 0 unspecified atom stereocenters. The molecule has 0 aromatic carbocycles. The lowest BCUT2D eigenvalue weighted by Gasteiger charge is -2.10. The zero-order chi connectivity index (χ0) is 10.7. The van der Waals surface area contributed by atoms with E-state index in [9.17, 15) is 0 Å². The van der Waals surface area contributed by atoms with Crippen LogP contribution in [0.25, 0.3) is 0 Å². The number of nitrogens with two attached hydrogens (primary N) is 1. The van der Waals surface area contributed by atoms with Gasteiger partial charge in [0.2, 0.25) is 5.88 Å². The van der Waals surface area contributed by atoms with Crippen LogP contribution in [-0.4, -0.2) is 12.1 Å². The van der Waals surface area contributed by atoms with Crippen LogP contribution >= 0.6 is 11.3 Å². The summed E-state index contributed by atoms with van der Waals surface area (Å²) >= 11 is 1.65. The summed E-state index contributed by atoms with van der Waals surface area (Å²) in [6.45, 7) is 0. The Balaban J connectivity index is 2.22. The monoisotopic (exact) mass is 220 g/mol. The summed E-state index contributed by atoms with van der Waals surface area (Å²) in [6.07, 6.45) is 1.75. The molecule has 0 spiro atoms. The Labute approximate surface area is 92.5 Å². The van der Waals surface area contributed by atoms with Crippen LogP contribution in [0.2, 0.25) is 0 Å². The minimum absolute atomic E-state index is 0.102. The highest BCUT2D eigenvalue weighted by Gasteiger charge is 2.09. The normalized spacial score (nSPS) is 12.4. The van der Waals surface area contributed by atoms with Crippen molar-refractivity contribution in [2.24, 2.45) is 5.73 Å². The second-order valence-corrected chi connectivity index (χ2v) is 3.95. The lowest BCUT2D eigenvalue weighted by molar-refractivity contribution is 0.397. The van der Waals surface area contributed by atoms with Gasteiger partial charge in [0.25, 0.3) is 0 Å². The summed E-state index contributed by atoms with van der Waals surface area (Å²) in [5.41, 5.74) is 8.19. The fourth-order valence-electron chi connectivity index (χ4n) is 1.34. The zero-order valence-electron chi connectivity index (χ0n) is 8.38. The largest absolute Gasteiger partial charge is 0.481 e. The number of pyridine rings is 1. The Morgan fingerprint density at radius 1 is 1.33 bits per heavy atom. The third kappa shape index (κ3) is 2.16. The van der Waals surface area contributed by atoms with Crippen LogP contribution in [0, 0.1) is 0 Å². The van der Waals surface area contributed by atoms with E-state index in [2.05, 4.69) is 10.4 Å². The number of hydrogen-bond acceptors (Lipinski definition) is 4. The molecule has 0 aliphatic carbocycles. The van der Waals surface area contributed by atoms with Crippen LogP contribution in [0.1, 0.15) is 17.2 Å². The quantitative estimate of drug-likeness (QED) is 0.862. The maximum Gasteiger partial charge on any atom is 0.212 e. The SMILES string of the molecule is COc1ccc([C@@H](N)c2ccsc2)cn1. The lowest BCUT2D eigenvalue weighted by atomic mass is 10.0. The van der Waals surface area contributed by atoms with Crippen LogP contribution in [0.3, 0.4) is 0 Å². The van der Waals surface area contributed by atoms with Gasteiger partial charge in [-0.25, -0.2) is 4.98 Å². The molecule has 2 aromatic rings. The molecule has 0 amide bonds. The average Bonchev–Trinajstić information content (AvgIpc) is 2.82. The minimum Gasteiger partial charge on any atom is -0.481 e. The van der Waals surface area contributed by atoms with Crippen molar-refractivity contribution in [1.29, 1.82) is 0 Å². The number of ether oxygens (including phenoxy) is 1. The van der Waals surface area contributed by atoms with Gasteiger partial charge in [-0.1, -0.05) is 6.07 Å². The predicted octanol–water partition coefficient (Wildman–Crippen LogP) is 2.20. The maximum absolute atomic E-state index is 6.08. The van der Waals surface area contributed by atoms with Crippen molar-refractivity contribution in [3.63, 3.8) is 0 Å². The van der Waals surface area contributed by atoms with Crippen LogP contribution in [0.4, 0.5) is 0 Å². The third-order valence-electron chi connectivity index (χ3n) is 2.23. The molecule has 2 rings (SSSR count). The highest BCUT2D eigenvalue weighted by molar-refractivity contribution is 7.08. The molecule has 1 atom stereocenters. The van der Waals surface area contributed by atoms with E-state index in [4.69, 9.17) is 10.5 Å². The average molecular weight is 220 g/mol. The summed E-state index contributed by atoms with van der Waals surface area (Å²) in [4.78, 5) is 4.13. The molecule has 0 saturated carbocycles. The van der Waals surface area contributed by atoms with Gasteiger partial charge < -0.3 is 10.5 Å². The van der Waals surface area contributed by atoms with Crippen LogP contribution in [0.5, 0.6) is 5.88 Å². The topological polar surface area (TPSA) is 48.1 Å². The first-order valence-electron chi connectivity index (χ1n) is 4.59. The molecule has 0 bridgehead atoms. The van der Waals surface area contributed by atoms with Gasteiger partial charge in [-0.3, -0.25) is 0 Å². The Morgan fingerprint density at radius 3 is 2.73 bits per heavy atom. The molecule has 0 aliphatic heterocycles. The smallest absolute Gasteiger partial charge is 0.212 e. The number of nitrogens with zero attached hydrogens (tertiary/aromatic N) is 1. The van der Waals surface area contributed by atoms with E-state index in [1.807, 2.05) is 23.6 Å². The van der Waals surface area contributed by atoms with E-state index >= 15 is 0 Å². The molecule has 2 aromatic heterocycles. The van der Waals surface area contributed by atoms with Crippen LogP contribution < -0.4 is 10.5 Å². The molecule has 0 aliphatic rings. The summed E-state index contributed by atoms with van der Waals surface area (Å²) < 4.78 is 4.99. The summed E-state index contributed by atoms with van der Waals surface area (Å²) in [7, 11) is 1.60. The second kappa shape index (κ2) is 4.42. The second-order valence-electron chi connectivity index (χ2n) is 3.17. The zero-order valence-corrected chi connectivity index (χ0v) is 9.20. The van der Waals surface area contributed by atoms with Crippen LogP contribution in [0.15, 0.2) is 35.2 Å². The Kier molecular flexibility index (Phi) is 2.99. The van der Waals surface area contributed by atoms with Gasteiger partial charge in [0.1, 0.15) is 0 Å². The molecular weight excluding hydrogens is 208 g/mol. The van der Waals surface area contributed by atoms with E-state index in [-0.39, 0.29) is 6.04 Å². The molecule has 0 saturated heterocycles. The minimum atomic E-state index is -0.102. The maximum atomic E-state index is 6.08. The number of hydrogen-bond donors (Lipinski definition) is 1. The molecule has 0 fully saturated rings. The lowest BCUT2D eigenvalue weighted by Crippen LogP contribution is -2.11.